The van der Waals surface area contributed by atoms with Crippen LogP contribution in [0.5, 0.6) is 0 Å². The first kappa shape index (κ1) is 8.38. The Bertz CT molecular complexity index is 470. The van der Waals surface area contributed by atoms with Crippen LogP contribution in [0.15, 0.2) is 18.3 Å². The molecule has 0 amide bonds. The summed E-state index contributed by atoms with van der Waals surface area (Å²) >= 11 is 5.79. The lowest BCUT2D eigenvalue weighted by Gasteiger charge is -2.01. The third-order valence-electron chi connectivity index (χ3n) is 1.86. The van der Waals surface area contributed by atoms with Crippen LogP contribution in [-0.4, -0.2) is 10.2 Å². The predicted molar refractivity (Wildman–Crippen MR) is 49.2 cm³/mol. The van der Waals surface area contributed by atoms with Gasteiger partial charge < -0.3 is 0 Å². The molecule has 0 saturated carbocycles. The molecule has 1 heterocycles. The molecule has 0 N–H and O–H groups in total. The maximum Gasteiger partial charge on any atom is 0.125 e. The molecule has 0 unspecified atom stereocenters. The Hall–Kier alpha value is -1.22. The smallest absolute Gasteiger partial charge is 0.125 e. The molecule has 4 heteroatoms. The maximum absolute atomic E-state index is 12.9. The lowest BCUT2D eigenvalue weighted by atomic mass is 10.1. The molecule has 0 bridgehead atoms. The van der Waals surface area contributed by atoms with Gasteiger partial charge in [-0.25, -0.2) is 4.39 Å². The average Bonchev–Trinajstić information content (AvgIpc) is 2.07. The number of hydrogen-bond acceptors (Lipinski definition) is 2. The van der Waals surface area contributed by atoms with Gasteiger partial charge in [0.25, 0.3) is 0 Å². The number of rotatable bonds is 0. The summed E-state index contributed by atoms with van der Waals surface area (Å²) in [5.41, 5.74) is 1.41. The molecule has 0 fully saturated rings. The second-order valence-electron chi connectivity index (χ2n) is 2.81. The average molecular weight is 197 g/mol. The van der Waals surface area contributed by atoms with Gasteiger partial charge in [-0.3, -0.25) is 0 Å². The molecule has 0 saturated heterocycles. The summed E-state index contributed by atoms with van der Waals surface area (Å²) in [7, 11) is 0. The van der Waals surface area contributed by atoms with Crippen molar-refractivity contribution >= 4 is 22.5 Å². The van der Waals surface area contributed by atoms with Crippen molar-refractivity contribution in [1.82, 2.24) is 10.2 Å². The van der Waals surface area contributed by atoms with Gasteiger partial charge in [0.2, 0.25) is 0 Å². The first-order chi connectivity index (χ1) is 6.18. The van der Waals surface area contributed by atoms with Crippen molar-refractivity contribution in [3.8, 4) is 0 Å². The minimum absolute atomic E-state index is 0.297. The van der Waals surface area contributed by atoms with E-state index in [0.29, 0.717) is 15.9 Å². The Morgan fingerprint density at radius 2 is 2.15 bits per heavy atom. The van der Waals surface area contributed by atoms with Crippen molar-refractivity contribution in [1.29, 1.82) is 0 Å². The van der Waals surface area contributed by atoms with E-state index in [1.54, 1.807) is 6.20 Å². The highest BCUT2D eigenvalue weighted by molar-refractivity contribution is 6.35. The monoisotopic (exact) mass is 196 g/mol. The van der Waals surface area contributed by atoms with Crippen LogP contribution in [-0.2, 0) is 0 Å². The fourth-order valence-electron chi connectivity index (χ4n) is 1.21. The third-order valence-corrected chi connectivity index (χ3v) is 2.15. The van der Waals surface area contributed by atoms with Crippen molar-refractivity contribution in [2.75, 3.05) is 0 Å². The number of benzene rings is 1. The van der Waals surface area contributed by atoms with Crippen LogP contribution in [0.25, 0.3) is 10.9 Å². The van der Waals surface area contributed by atoms with Gasteiger partial charge >= 0.3 is 0 Å². The predicted octanol–water partition coefficient (Wildman–Crippen LogP) is 2.73. The Kier molecular flexibility index (Phi) is 1.88. The van der Waals surface area contributed by atoms with Gasteiger partial charge in [-0.05, 0) is 24.6 Å². The van der Waals surface area contributed by atoms with Gasteiger partial charge in [0, 0.05) is 5.39 Å². The molecule has 66 valence electrons. The number of halogens is 2. The molecule has 2 rings (SSSR count). The summed E-state index contributed by atoms with van der Waals surface area (Å²) in [5.74, 6) is -0.353. The van der Waals surface area contributed by atoms with E-state index in [4.69, 9.17) is 11.6 Å². The molecule has 2 nitrogen and oxygen atoms in total. The SMILES string of the molecule is Cc1cnnc2c(Cl)cc(F)cc12. The number of nitrogens with zero attached hydrogens (tertiary/aromatic N) is 2. The normalized spacial score (nSPS) is 10.7. The number of fused-ring (bicyclic) bond motifs is 1. The van der Waals surface area contributed by atoms with Crippen molar-refractivity contribution in [2.24, 2.45) is 0 Å². The molecule has 0 aliphatic rings. The summed E-state index contributed by atoms with van der Waals surface area (Å²) in [6.07, 6.45) is 1.58. The Labute approximate surface area is 79.4 Å². The number of aromatic nitrogens is 2. The van der Waals surface area contributed by atoms with Crippen LogP contribution in [0.1, 0.15) is 5.56 Å². The molecule has 1 aromatic carbocycles. The molecule has 0 radical (unpaired) electrons. The lowest BCUT2D eigenvalue weighted by molar-refractivity contribution is 0.629. The minimum atomic E-state index is -0.353. The topological polar surface area (TPSA) is 25.8 Å². The van der Waals surface area contributed by atoms with E-state index in [0.717, 1.165) is 5.56 Å². The van der Waals surface area contributed by atoms with Crippen LogP contribution in [0, 0.1) is 12.7 Å². The molecule has 1 aromatic heterocycles. The zero-order valence-corrected chi connectivity index (χ0v) is 7.64. The van der Waals surface area contributed by atoms with Gasteiger partial charge in [0.1, 0.15) is 11.3 Å². The first-order valence-electron chi connectivity index (χ1n) is 3.75. The Balaban J connectivity index is 2.94. The fourth-order valence-corrected chi connectivity index (χ4v) is 1.45. The lowest BCUT2D eigenvalue weighted by Crippen LogP contribution is -1.89. The highest BCUT2D eigenvalue weighted by Gasteiger charge is 2.05. The van der Waals surface area contributed by atoms with Crippen LogP contribution in [0.4, 0.5) is 4.39 Å². The quantitative estimate of drug-likeness (QED) is 0.648. The van der Waals surface area contributed by atoms with E-state index in [1.807, 2.05) is 6.92 Å². The highest BCUT2D eigenvalue weighted by atomic mass is 35.5. The zero-order valence-electron chi connectivity index (χ0n) is 6.88. The van der Waals surface area contributed by atoms with Crippen molar-refractivity contribution in [2.45, 2.75) is 6.92 Å². The largest absolute Gasteiger partial charge is 0.207 e. The van der Waals surface area contributed by atoms with Gasteiger partial charge in [-0.15, -0.1) is 5.10 Å². The van der Waals surface area contributed by atoms with Gasteiger partial charge in [-0.1, -0.05) is 11.6 Å². The van der Waals surface area contributed by atoms with E-state index in [2.05, 4.69) is 10.2 Å². The Morgan fingerprint density at radius 1 is 1.38 bits per heavy atom. The summed E-state index contributed by atoms with van der Waals surface area (Å²) in [5, 5.41) is 8.59. The van der Waals surface area contributed by atoms with E-state index in [-0.39, 0.29) is 5.82 Å². The van der Waals surface area contributed by atoms with Gasteiger partial charge in [-0.2, -0.15) is 5.10 Å². The Morgan fingerprint density at radius 3 is 2.92 bits per heavy atom. The number of hydrogen-bond donors (Lipinski definition) is 0. The fraction of sp³-hybridized carbons (Fsp3) is 0.111. The molecule has 0 aliphatic carbocycles. The molecule has 2 aromatic rings. The molecular weight excluding hydrogens is 191 g/mol. The van der Waals surface area contributed by atoms with Crippen molar-refractivity contribution in [3.05, 3.63) is 34.7 Å². The van der Waals surface area contributed by atoms with Gasteiger partial charge in [0.15, 0.2) is 0 Å². The summed E-state index contributed by atoms with van der Waals surface area (Å²) < 4.78 is 12.9. The molecule has 0 spiro atoms. The first-order valence-corrected chi connectivity index (χ1v) is 4.13. The van der Waals surface area contributed by atoms with Crippen molar-refractivity contribution < 1.29 is 4.39 Å². The van der Waals surface area contributed by atoms with E-state index >= 15 is 0 Å². The summed E-state index contributed by atoms with van der Waals surface area (Å²) in [6, 6.07) is 2.64. The van der Waals surface area contributed by atoms with Crippen LogP contribution >= 0.6 is 11.6 Å². The van der Waals surface area contributed by atoms with E-state index in [9.17, 15) is 4.39 Å². The standard InChI is InChI=1S/C9H6ClFN2/c1-5-4-12-13-9-7(5)2-6(11)3-8(9)10/h2-4H,1H3. The molecule has 0 atom stereocenters. The number of aryl methyl sites for hydroxylation is 1. The second kappa shape index (κ2) is 2.92. The molecule has 13 heavy (non-hydrogen) atoms. The van der Waals surface area contributed by atoms with E-state index < -0.39 is 0 Å². The highest BCUT2D eigenvalue weighted by Crippen LogP contribution is 2.24. The van der Waals surface area contributed by atoms with Crippen LogP contribution < -0.4 is 0 Å². The van der Waals surface area contributed by atoms with Crippen LogP contribution in [0.3, 0.4) is 0 Å². The summed E-state index contributed by atoms with van der Waals surface area (Å²) in [6.45, 7) is 1.84. The minimum Gasteiger partial charge on any atom is -0.207 e. The maximum atomic E-state index is 12.9. The molecule has 0 aliphatic heterocycles. The second-order valence-corrected chi connectivity index (χ2v) is 3.22. The third kappa shape index (κ3) is 1.35. The van der Waals surface area contributed by atoms with Gasteiger partial charge in [0.05, 0.1) is 11.2 Å². The summed E-state index contributed by atoms with van der Waals surface area (Å²) in [4.78, 5) is 0. The van der Waals surface area contributed by atoms with Crippen LogP contribution in [0.2, 0.25) is 5.02 Å². The zero-order chi connectivity index (χ0) is 9.42. The van der Waals surface area contributed by atoms with E-state index in [1.165, 1.54) is 12.1 Å². The molecular formula is C9H6ClFN2. The van der Waals surface area contributed by atoms with Crippen molar-refractivity contribution in [3.63, 3.8) is 0 Å².